The first-order valence-corrected chi connectivity index (χ1v) is 9.24. The molecule has 1 aliphatic heterocycles. The molecule has 0 N–H and O–H groups in total. The third-order valence-electron chi connectivity index (χ3n) is 4.24. The first kappa shape index (κ1) is 15.3. The van der Waals surface area contributed by atoms with Crippen LogP contribution in [-0.2, 0) is 15.6 Å². The van der Waals surface area contributed by atoms with Crippen LogP contribution in [0.4, 0.5) is 0 Å². The lowest BCUT2D eigenvalue weighted by atomic mass is 9.94. The molecule has 0 aromatic heterocycles. The van der Waals surface area contributed by atoms with Crippen molar-refractivity contribution >= 4 is 9.84 Å². The van der Waals surface area contributed by atoms with Crippen LogP contribution in [0.3, 0.4) is 0 Å². The molecule has 1 aliphatic rings. The highest BCUT2D eigenvalue weighted by Gasteiger charge is 2.33. The van der Waals surface area contributed by atoms with Gasteiger partial charge in [0.05, 0.1) is 11.0 Å². The van der Waals surface area contributed by atoms with E-state index in [1.807, 2.05) is 67.5 Å². The fourth-order valence-electron chi connectivity index (χ4n) is 3.15. The Balaban J connectivity index is 2.18. The lowest BCUT2D eigenvalue weighted by Crippen LogP contribution is -2.21. The number of nitrogens with zero attached hydrogens (tertiary/aromatic N) is 1. The summed E-state index contributed by atoms with van der Waals surface area (Å²) in [5.74, 6) is 0.121. The molecule has 116 valence electrons. The SMILES string of the molecule is CN(C)CCC1c2ccccc2-c2ccccc2CS1(=O)=O. The second-order valence-corrected chi connectivity index (χ2v) is 8.32. The maximum atomic E-state index is 12.9. The normalized spacial score (nSPS) is 19.3. The second-order valence-electron chi connectivity index (χ2n) is 6.13. The predicted molar refractivity (Wildman–Crippen MR) is 90.4 cm³/mol. The van der Waals surface area contributed by atoms with Crippen molar-refractivity contribution in [3.8, 4) is 11.1 Å². The summed E-state index contributed by atoms with van der Waals surface area (Å²) in [6, 6.07) is 15.8. The van der Waals surface area contributed by atoms with E-state index in [9.17, 15) is 8.42 Å². The molecule has 0 saturated carbocycles. The lowest BCUT2D eigenvalue weighted by molar-refractivity contribution is 0.395. The van der Waals surface area contributed by atoms with E-state index in [-0.39, 0.29) is 5.75 Å². The number of hydrogen-bond donors (Lipinski definition) is 0. The van der Waals surface area contributed by atoms with E-state index in [1.165, 1.54) is 0 Å². The Bertz CT molecular complexity index is 781. The Kier molecular flexibility index (Phi) is 4.06. The van der Waals surface area contributed by atoms with E-state index in [0.29, 0.717) is 6.42 Å². The number of hydrogen-bond acceptors (Lipinski definition) is 3. The van der Waals surface area contributed by atoms with Gasteiger partial charge in [0.15, 0.2) is 9.84 Å². The summed E-state index contributed by atoms with van der Waals surface area (Å²) >= 11 is 0. The number of sulfone groups is 1. The first-order valence-electron chi connectivity index (χ1n) is 7.52. The van der Waals surface area contributed by atoms with Gasteiger partial charge in [-0.05, 0) is 49.3 Å². The van der Waals surface area contributed by atoms with Crippen molar-refractivity contribution in [1.29, 1.82) is 0 Å². The molecule has 4 heteroatoms. The molecule has 2 aromatic rings. The molecule has 2 aromatic carbocycles. The molecule has 0 fully saturated rings. The van der Waals surface area contributed by atoms with E-state index >= 15 is 0 Å². The lowest BCUT2D eigenvalue weighted by Gasteiger charge is -2.20. The molecule has 0 saturated heterocycles. The second kappa shape index (κ2) is 5.86. The van der Waals surface area contributed by atoms with Gasteiger partial charge in [0.2, 0.25) is 0 Å². The van der Waals surface area contributed by atoms with E-state index in [0.717, 1.165) is 28.8 Å². The van der Waals surface area contributed by atoms with Gasteiger partial charge in [0, 0.05) is 0 Å². The van der Waals surface area contributed by atoms with Crippen LogP contribution >= 0.6 is 0 Å². The van der Waals surface area contributed by atoms with Crippen molar-refractivity contribution in [1.82, 2.24) is 4.90 Å². The summed E-state index contributed by atoms with van der Waals surface area (Å²) in [6.45, 7) is 0.759. The van der Waals surface area contributed by atoms with Crippen LogP contribution in [0, 0.1) is 0 Å². The zero-order valence-corrected chi connectivity index (χ0v) is 13.8. The van der Waals surface area contributed by atoms with Gasteiger partial charge in [-0.2, -0.15) is 0 Å². The molecule has 1 heterocycles. The van der Waals surface area contributed by atoms with Gasteiger partial charge in [-0.1, -0.05) is 48.5 Å². The highest BCUT2D eigenvalue weighted by Crippen LogP contribution is 2.41. The van der Waals surface area contributed by atoms with Crippen LogP contribution in [0.2, 0.25) is 0 Å². The van der Waals surface area contributed by atoms with Gasteiger partial charge in [0.1, 0.15) is 0 Å². The minimum Gasteiger partial charge on any atom is -0.309 e. The van der Waals surface area contributed by atoms with E-state index in [1.54, 1.807) is 0 Å². The molecule has 0 aliphatic carbocycles. The van der Waals surface area contributed by atoms with Crippen molar-refractivity contribution in [2.75, 3.05) is 20.6 Å². The summed E-state index contributed by atoms with van der Waals surface area (Å²) in [5.41, 5.74) is 3.95. The summed E-state index contributed by atoms with van der Waals surface area (Å²) in [6.07, 6.45) is 0.625. The minimum atomic E-state index is -3.21. The summed E-state index contributed by atoms with van der Waals surface area (Å²) < 4.78 is 25.8. The Morgan fingerprint density at radius 2 is 1.64 bits per heavy atom. The van der Waals surface area contributed by atoms with Crippen molar-refractivity contribution in [3.63, 3.8) is 0 Å². The number of rotatable bonds is 3. The molecule has 0 spiro atoms. The Hall–Kier alpha value is -1.65. The van der Waals surface area contributed by atoms with E-state index in [2.05, 4.69) is 0 Å². The van der Waals surface area contributed by atoms with Crippen molar-refractivity contribution < 1.29 is 8.42 Å². The van der Waals surface area contributed by atoms with Gasteiger partial charge in [0.25, 0.3) is 0 Å². The summed E-state index contributed by atoms with van der Waals surface area (Å²) in [4.78, 5) is 2.04. The smallest absolute Gasteiger partial charge is 0.161 e. The molecule has 22 heavy (non-hydrogen) atoms. The topological polar surface area (TPSA) is 37.4 Å². The zero-order chi connectivity index (χ0) is 15.7. The molecular weight excluding hydrogens is 294 g/mol. The third-order valence-corrected chi connectivity index (χ3v) is 6.31. The Morgan fingerprint density at radius 3 is 2.36 bits per heavy atom. The van der Waals surface area contributed by atoms with Gasteiger partial charge >= 0.3 is 0 Å². The third kappa shape index (κ3) is 2.81. The summed E-state index contributed by atoms with van der Waals surface area (Å²) in [7, 11) is 0.743. The monoisotopic (exact) mass is 315 g/mol. The molecule has 0 radical (unpaired) electrons. The largest absolute Gasteiger partial charge is 0.309 e. The fraction of sp³-hybridized carbons (Fsp3) is 0.333. The standard InChI is InChI=1S/C18H21NO2S/c1-19(2)12-11-18-17-10-6-5-9-16(17)15-8-4-3-7-14(15)13-22(18,20)21/h3-10,18H,11-13H2,1-2H3. The molecule has 0 bridgehead atoms. The summed E-state index contributed by atoms with van der Waals surface area (Å²) in [5, 5.41) is -0.432. The van der Waals surface area contributed by atoms with Crippen LogP contribution < -0.4 is 0 Å². The molecule has 1 atom stereocenters. The predicted octanol–water partition coefficient (Wildman–Crippen LogP) is 3.27. The Labute approximate surface area is 132 Å². The zero-order valence-electron chi connectivity index (χ0n) is 13.0. The van der Waals surface area contributed by atoms with Crippen molar-refractivity contribution in [3.05, 3.63) is 59.7 Å². The van der Waals surface area contributed by atoms with Crippen LogP contribution in [0.1, 0.15) is 22.8 Å². The molecule has 1 unspecified atom stereocenters. The van der Waals surface area contributed by atoms with Crippen LogP contribution in [0.25, 0.3) is 11.1 Å². The quantitative estimate of drug-likeness (QED) is 0.872. The molecule has 0 amide bonds. The minimum absolute atomic E-state index is 0.121. The van der Waals surface area contributed by atoms with Crippen LogP contribution in [0.5, 0.6) is 0 Å². The molecular formula is C18H21NO2S. The highest BCUT2D eigenvalue weighted by atomic mass is 32.2. The average molecular weight is 315 g/mol. The molecule has 3 nitrogen and oxygen atoms in total. The molecule has 3 rings (SSSR count). The highest BCUT2D eigenvalue weighted by molar-refractivity contribution is 7.90. The van der Waals surface area contributed by atoms with Gasteiger partial charge in [-0.25, -0.2) is 8.42 Å². The Morgan fingerprint density at radius 1 is 1.00 bits per heavy atom. The maximum absolute atomic E-state index is 12.9. The average Bonchev–Trinajstić information content (AvgIpc) is 2.56. The number of fused-ring (bicyclic) bond motifs is 3. The van der Waals surface area contributed by atoms with E-state index in [4.69, 9.17) is 0 Å². The van der Waals surface area contributed by atoms with Gasteiger partial charge in [-0.3, -0.25) is 0 Å². The van der Waals surface area contributed by atoms with Crippen molar-refractivity contribution in [2.24, 2.45) is 0 Å². The fourth-order valence-corrected chi connectivity index (χ4v) is 5.10. The van der Waals surface area contributed by atoms with Crippen LogP contribution in [-0.4, -0.2) is 34.0 Å². The maximum Gasteiger partial charge on any atom is 0.161 e. The van der Waals surface area contributed by atoms with Crippen LogP contribution in [0.15, 0.2) is 48.5 Å². The first-order chi connectivity index (χ1) is 10.5. The van der Waals surface area contributed by atoms with Crippen molar-refractivity contribution in [2.45, 2.75) is 17.4 Å². The van der Waals surface area contributed by atoms with E-state index < -0.39 is 15.1 Å². The number of benzene rings is 2. The van der Waals surface area contributed by atoms with Gasteiger partial charge < -0.3 is 4.90 Å². The van der Waals surface area contributed by atoms with Gasteiger partial charge in [-0.15, -0.1) is 0 Å².